The Kier molecular flexibility index (Phi) is 7.62. The average molecular weight is 419 g/mol. The van der Waals surface area contributed by atoms with Crippen molar-refractivity contribution < 1.29 is 9.59 Å². The van der Waals surface area contributed by atoms with E-state index in [4.69, 9.17) is 0 Å². The van der Waals surface area contributed by atoms with Crippen LogP contribution in [0.25, 0.3) is 17.0 Å². The fourth-order valence-electron chi connectivity index (χ4n) is 3.55. The summed E-state index contributed by atoms with van der Waals surface area (Å²) in [5.74, 6) is -0.615. The van der Waals surface area contributed by atoms with Gasteiger partial charge in [-0.2, -0.15) is 0 Å². The maximum Gasteiger partial charge on any atom is 0.267 e. The van der Waals surface area contributed by atoms with Gasteiger partial charge in [-0.15, -0.1) is 0 Å². The van der Waals surface area contributed by atoms with Crippen molar-refractivity contribution >= 4 is 28.8 Å². The Morgan fingerprint density at radius 3 is 2.39 bits per heavy atom. The number of aryl methyl sites for hydroxylation is 1. The second-order valence-corrected chi connectivity index (χ2v) is 7.37. The number of benzene rings is 2. The van der Waals surface area contributed by atoms with Gasteiger partial charge in [0.15, 0.2) is 0 Å². The first-order valence-corrected chi connectivity index (χ1v) is 10.7. The Morgan fingerprint density at radius 2 is 1.68 bits per heavy atom. The van der Waals surface area contributed by atoms with Gasteiger partial charge in [-0.25, -0.2) is 0 Å². The minimum Gasteiger partial charge on any atom is -0.350 e. The number of nitrogens with zero attached hydrogens (tertiary/aromatic N) is 2. The maximum absolute atomic E-state index is 13.0. The van der Waals surface area contributed by atoms with Crippen molar-refractivity contribution in [2.24, 2.45) is 7.05 Å². The van der Waals surface area contributed by atoms with E-state index in [9.17, 15) is 9.59 Å². The third-order valence-electron chi connectivity index (χ3n) is 5.36. The normalized spacial score (nSPS) is 11.7. The van der Waals surface area contributed by atoms with E-state index in [0.29, 0.717) is 12.1 Å². The van der Waals surface area contributed by atoms with Gasteiger partial charge < -0.3 is 20.1 Å². The van der Waals surface area contributed by atoms with Gasteiger partial charge in [0, 0.05) is 48.4 Å². The Labute approximate surface area is 183 Å². The zero-order chi connectivity index (χ0) is 22.2. The molecular weight excluding hydrogens is 388 g/mol. The third-order valence-corrected chi connectivity index (χ3v) is 5.36. The molecule has 3 rings (SSSR count). The number of hydrogen-bond acceptors (Lipinski definition) is 3. The molecule has 0 radical (unpaired) electrons. The molecule has 0 saturated heterocycles. The first-order chi connectivity index (χ1) is 15.0. The quantitative estimate of drug-likeness (QED) is 0.524. The van der Waals surface area contributed by atoms with Crippen molar-refractivity contribution in [3.8, 4) is 0 Å². The van der Waals surface area contributed by atoms with Crippen molar-refractivity contribution in [1.82, 2.24) is 20.1 Å². The van der Waals surface area contributed by atoms with Crippen LogP contribution >= 0.6 is 0 Å². The topological polar surface area (TPSA) is 66.4 Å². The fourth-order valence-corrected chi connectivity index (χ4v) is 3.55. The molecule has 2 N–H and O–H groups in total. The van der Waals surface area contributed by atoms with Gasteiger partial charge in [0.05, 0.1) is 0 Å². The van der Waals surface area contributed by atoms with Gasteiger partial charge in [-0.05, 0) is 37.4 Å². The summed E-state index contributed by atoms with van der Waals surface area (Å²) in [6.45, 7) is 7.31. The van der Waals surface area contributed by atoms with Gasteiger partial charge in [-0.3, -0.25) is 9.59 Å². The molecule has 0 aliphatic heterocycles. The number of carbonyl (C=O) groups is 2. The van der Waals surface area contributed by atoms with Crippen LogP contribution in [0, 0.1) is 0 Å². The van der Waals surface area contributed by atoms with E-state index in [1.807, 2.05) is 48.1 Å². The van der Waals surface area contributed by atoms with E-state index in [-0.39, 0.29) is 17.5 Å². The number of hydrogen-bond donors (Lipinski definition) is 2. The summed E-state index contributed by atoms with van der Waals surface area (Å²) in [7, 11) is 1.96. The highest BCUT2D eigenvalue weighted by Gasteiger charge is 2.16. The molecule has 6 heteroatoms. The van der Waals surface area contributed by atoms with E-state index < -0.39 is 0 Å². The zero-order valence-corrected chi connectivity index (χ0v) is 18.4. The van der Waals surface area contributed by atoms with Crippen molar-refractivity contribution in [3.05, 3.63) is 77.6 Å². The second kappa shape index (κ2) is 10.6. The molecule has 0 spiro atoms. The number of amides is 2. The first kappa shape index (κ1) is 22.3. The second-order valence-electron chi connectivity index (χ2n) is 7.37. The number of carbonyl (C=O) groups excluding carboxylic acids is 2. The van der Waals surface area contributed by atoms with Crippen molar-refractivity contribution in [1.29, 1.82) is 0 Å². The molecule has 0 fully saturated rings. The van der Waals surface area contributed by atoms with Crippen LogP contribution in [0.1, 0.15) is 29.8 Å². The standard InChI is InChI=1S/C25H30N4O2/c1-4-29(5-2)16-15-26-25(31)22(27-24(30)19-11-7-6-8-12-19)17-20-18-28(3)23-14-10-9-13-21(20)23/h6-14,17-18H,4-5,15-16H2,1-3H3,(H,26,31)(H,27,30). The van der Waals surface area contributed by atoms with E-state index in [2.05, 4.69) is 29.4 Å². The molecule has 0 aliphatic carbocycles. The molecule has 3 aromatic rings. The lowest BCUT2D eigenvalue weighted by atomic mass is 10.1. The Bertz CT molecular complexity index is 1070. The smallest absolute Gasteiger partial charge is 0.267 e. The third kappa shape index (κ3) is 5.61. The molecule has 0 unspecified atom stereocenters. The summed E-state index contributed by atoms with van der Waals surface area (Å²) >= 11 is 0. The van der Waals surface area contributed by atoms with Crippen LogP contribution < -0.4 is 10.6 Å². The SMILES string of the molecule is CCN(CC)CCNC(=O)C(=Cc1cn(C)c2ccccc12)NC(=O)c1ccccc1. The molecular formula is C25H30N4O2. The molecule has 0 aliphatic rings. The molecule has 1 heterocycles. The molecule has 2 aromatic carbocycles. The van der Waals surface area contributed by atoms with Crippen molar-refractivity contribution in [2.75, 3.05) is 26.2 Å². The number of aromatic nitrogens is 1. The number of fused-ring (bicyclic) bond motifs is 1. The maximum atomic E-state index is 13.0. The van der Waals surface area contributed by atoms with Crippen LogP contribution in [0.3, 0.4) is 0 Å². The summed E-state index contributed by atoms with van der Waals surface area (Å²) in [5.41, 5.74) is 2.66. The monoisotopic (exact) mass is 418 g/mol. The summed E-state index contributed by atoms with van der Waals surface area (Å²) < 4.78 is 2.01. The molecule has 0 saturated carbocycles. The minimum absolute atomic E-state index is 0.227. The summed E-state index contributed by atoms with van der Waals surface area (Å²) in [5, 5.41) is 6.77. The number of nitrogens with one attached hydrogen (secondary N) is 2. The first-order valence-electron chi connectivity index (χ1n) is 10.7. The van der Waals surface area contributed by atoms with Crippen LogP contribution in [-0.2, 0) is 11.8 Å². The van der Waals surface area contributed by atoms with Crippen LogP contribution in [0.5, 0.6) is 0 Å². The van der Waals surface area contributed by atoms with Crippen molar-refractivity contribution in [3.63, 3.8) is 0 Å². The molecule has 31 heavy (non-hydrogen) atoms. The van der Waals surface area contributed by atoms with Gasteiger partial charge in [0.1, 0.15) is 5.70 Å². The molecule has 1 aromatic heterocycles. The minimum atomic E-state index is -0.314. The Balaban J connectivity index is 1.87. The van der Waals surface area contributed by atoms with Gasteiger partial charge in [0.2, 0.25) is 0 Å². The molecule has 2 amide bonds. The Morgan fingerprint density at radius 1 is 1.00 bits per heavy atom. The van der Waals surface area contributed by atoms with E-state index >= 15 is 0 Å². The molecule has 162 valence electrons. The lowest BCUT2D eigenvalue weighted by Gasteiger charge is -2.18. The molecule has 0 bridgehead atoms. The number of para-hydroxylation sites is 1. The van der Waals surface area contributed by atoms with E-state index in [0.717, 1.165) is 36.1 Å². The largest absolute Gasteiger partial charge is 0.350 e. The van der Waals surface area contributed by atoms with Crippen LogP contribution in [0.15, 0.2) is 66.5 Å². The van der Waals surface area contributed by atoms with Crippen LogP contribution in [-0.4, -0.2) is 47.5 Å². The predicted octanol–water partition coefficient (Wildman–Crippen LogP) is 3.41. The number of likely N-dealkylation sites (N-methyl/N-ethyl adjacent to an activating group) is 1. The predicted molar refractivity (Wildman–Crippen MR) is 126 cm³/mol. The summed E-state index contributed by atoms with van der Waals surface area (Å²) in [6.07, 6.45) is 3.71. The van der Waals surface area contributed by atoms with Gasteiger partial charge >= 0.3 is 0 Å². The van der Waals surface area contributed by atoms with Crippen LogP contribution in [0.4, 0.5) is 0 Å². The highest BCUT2D eigenvalue weighted by Crippen LogP contribution is 2.22. The van der Waals surface area contributed by atoms with E-state index in [1.165, 1.54) is 0 Å². The molecule has 6 nitrogen and oxygen atoms in total. The van der Waals surface area contributed by atoms with Gasteiger partial charge in [-0.1, -0.05) is 50.2 Å². The highest BCUT2D eigenvalue weighted by atomic mass is 16.2. The lowest BCUT2D eigenvalue weighted by molar-refractivity contribution is -0.117. The van der Waals surface area contributed by atoms with Crippen LogP contribution in [0.2, 0.25) is 0 Å². The van der Waals surface area contributed by atoms with E-state index in [1.54, 1.807) is 30.3 Å². The molecule has 0 atom stereocenters. The van der Waals surface area contributed by atoms with Crippen molar-refractivity contribution in [2.45, 2.75) is 13.8 Å². The zero-order valence-electron chi connectivity index (χ0n) is 18.4. The Hall–Kier alpha value is -3.38. The number of rotatable bonds is 9. The highest BCUT2D eigenvalue weighted by molar-refractivity contribution is 6.06. The van der Waals surface area contributed by atoms with Gasteiger partial charge in [0.25, 0.3) is 11.8 Å². The summed E-state index contributed by atoms with van der Waals surface area (Å²) in [6, 6.07) is 16.9. The summed E-state index contributed by atoms with van der Waals surface area (Å²) in [4.78, 5) is 28.0. The average Bonchev–Trinajstić information content (AvgIpc) is 3.12. The lowest BCUT2D eigenvalue weighted by Crippen LogP contribution is -2.39. The fraction of sp³-hybridized carbons (Fsp3) is 0.280.